The average Bonchev–Trinajstić information content (AvgIpc) is 3.69. The van der Waals surface area contributed by atoms with E-state index in [1.165, 1.54) is 42.2 Å². The molecule has 3 aromatic heterocycles. The maximum absolute atomic E-state index is 14.2. The Hall–Kier alpha value is -3.74. The van der Waals surface area contributed by atoms with Gasteiger partial charge in [0.2, 0.25) is 5.89 Å². The van der Waals surface area contributed by atoms with Gasteiger partial charge in [0, 0.05) is 5.56 Å². The van der Waals surface area contributed by atoms with Crippen LogP contribution in [0.5, 0.6) is 5.75 Å². The molecule has 12 heteroatoms. The summed E-state index contributed by atoms with van der Waals surface area (Å²) in [5, 5.41) is 10.3. The van der Waals surface area contributed by atoms with Crippen LogP contribution in [-0.2, 0) is 26.4 Å². The fraction of sp³-hybridized carbons (Fsp3) is 0.467. The number of para-hydroxylation sites is 1. The summed E-state index contributed by atoms with van der Waals surface area (Å²) in [4.78, 5) is 45.7. The summed E-state index contributed by atoms with van der Waals surface area (Å²) in [6, 6.07) is 7.47. The van der Waals surface area contributed by atoms with Gasteiger partial charge in [-0.05, 0) is 58.1 Å². The lowest BCUT2D eigenvalue weighted by molar-refractivity contribution is -0.146. The molecule has 1 N–H and O–H groups in total. The van der Waals surface area contributed by atoms with Gasteiger partial charge in [-0.3, -0.25) is 9.36 Å². The summed E-state index contributed by atoms with van der Waals surface area (Å²) in [6.45, 7) is 4.45. The third kappa shape index (κ3) is 4.77. The molecule has 0 spiro atoms. The average molecular weight is 596 g/mol. The van der Waals surface area contributed by atoms with Crippen LogP contribution in [0.4, 0.5) is 0 Å². The molecule has 0 saturated carbocycles. The van der Waals surface area contributed by atoms with Crippen LogP contribution in [0.1, 0.15) is 56.8 Å². The Morgan fingerprint density at radius 2 is 1.93 bits per heavy atom. The molecule has 1 unspecified atom stereocenters. The zero-order chi connectivity index (χ0) is 29.8. The number of thiophene rings is 1. The van der Waals surface area contributed by atoms with Crippen molar-refractivity contribution in [2.24, 2.45) is 0 Å². The van der Waals surface area contributed by atoms with Crippen molar-refractivity contribution in [1.29, 1.82) is 0 Å². The van der Waals surface area contributed by atoms with Crippen molar-refractivity contribution in [3.63, 3.8) is 0 Å². The largest absolute Gasteiger partial charge is 0.496 e. The van der Waals surface area contributed by atoms with Crippen LogP contribution in [0.2, 0.25) is 0 Å². The highest BCUT2D eigenvalue weighted by Crippen LogP contribution is 2.40. The number of aryl methyl sites for hydroxylation is 1. The normalized spacial score (nSPS) is 21.1. The Balaban J connectivity index is 1.55. The van der Waals surface area contributed by atoms with E-state index in [9.17, 15) is 19.5 Å². The number of oxazole rings is 1. The van der Waals surface area contributed by atoms with E-state index >= 15 is 0 Å². The lowest BCUT2D eigenvalue weighted by atomic mass is 10.0. The molecular formula is C30H33N3O8S. The molecule has 2 aliphatic rings. The Labute approximate surface area is 245 Å². The maximum Gasteiger partial charge on any atom is 0.333 e. The first-order valence-electron chi connectivity index (χ1n) is 14.0. The molecule has 2 fully saturated rings. The van der Waals surface area contributed by atoms with Gasteiger partial charge in [-0.15, -0.1) is 11.3 Å². The monoisotopic (exact) mass is 595 g/mol. The van der Waals surface area contributed by atoms with Crippen molar-refractivity contribution >= 4 is 27.5 Å². The third-order valence-corrected chi connectivity index (χ3v) is 9.66. The highest BCUT2D eigenvalue weighted by Gasteiger charge is 2.39. The summed E-state index contributed by atoms with van der Waals surface area (Å²) in [5.74, 6) is -0.390. The van der Waals surface area contributed by atoms with Gasteiger partial charge in [0.1, 0.15) is 28.5 Å². The summed E-state index contributed by atoms with van der Waals surface area (Å²) in [7, 11) is 1.58. The van der Waals surface area contributed by atoms with E-state index in [-0.39, 0.29) is 30.2 Å². The molecule has 222 valence electrons. The quantitative estimate of drug-likeness (QED) is 0.297. The number of ether oxygens (including phenoxy) is 3. The molecule has 6 rings (SSSR count). The molecule has 0 radical (unpaired) electrons. The minimum atomic E-state index is -1.82. The van der Waals surface area contributed by atoms with E-state index in [1.54, 1.807) is 14.0 Å². The van der Waals surface area contributed by atoms with Crippen LogP contribution < -0.4 is 16.0 Å². The second-order valence-corrected chi connectivity index (χ2v) is 12.4. The van der Waals surface area contributed by atoms with Gasteiger partial charge in [0.05, 0.1) is 48.4 Å². The number of methoxy groups -OCH3 is 1. The number of carboxylic acid groups (broad SMARTS) is 1. The second kappa shape index (κ2) is 10.8. The van der Waals surface area contributed by atoms with E-state index in [4.69, 9.17) is 18.6 Å². The van der Waals surface area contributed by atoms with Crippen molar-refractivity contribution < 1.29 is 28.5 Å². The van der Waals surface area contributed by atoms with Crippen LogP contribution in [0.25, 0.3) is 21.0 Å². The molecule has 4 atom stereocenters. The molecule has 2 saturated heterocycles. The number of aromatic nitrogens is 3. The number of fused-ring (bicyclic) bond motifs is 3. The lowest BCUT2D eigenvalue weighted by Gasteiger charge is -2.32. The van der Waals surface area contributed by atoms with E-state index in [1.807, 2.05) is 24.3 Å². The minimum Gasteiger partial charge on any atom is -0.496 e. The summed E-state index contributed by atoms with van der Waals surface area (Å²) < 4.78 is 26.3. The highest BCUT2D eigenvalue weighted by molar-refractivity contribution is 7.22. The van der Waals surface area contributed by atoms with E-state index in [0.717, 1.165) is 35.8 Å². The summed E-state index contributed by atoms with van der Waals surface area (Å²) >= 11 is 1.21. The van der Waals surface area contributed by atoms with Crippen LogP contribution in [0.15, 0.2) is 50.7 Å². The molecule has 1 aromatic carbocycles. The van der Waals surface area contributed by atoms with Gasteiger partial charge in [-0.25, -0.2) is 19.1 Å². The first kappa shape index (κ1) is 28.4. The number of hydrogen-bond donors (Lipinski definition) is 1. The zero-order valence-electron chi connectivity index (χ0n) is 23.9. The maximum atomic E-state index is 14.2. The molecule has 4 aromatic rings. The van der Waals surface area contributed by atoms with Crippen molar-refractivity contribution in [3.8, 4) is 16.5 Å². The molecule has 2 aliphatic heterocycles. The molecule has 2 bridgehead atoms. The van der Waals surface area contributed by atoms with Crippen molar-refractivity contribution in [2.75, 3.05) is 7.11 Å². The SMILES string of the molecule is COc1ccccc1[C@H](Cn1c(=O)n(C(C)(C)C(=O)O)c(=O)c2c(C)c(-c3ncco3)sc21)OC1C[C@H]2CC[C@@H](C1)O2. The number of hydrogen-bond acceptors (Lipinski definition) is 9. The standard InChI is InChI=1S/C30H33N3O8S/c1-16-23-26(34)33(30(2,3)28(35)36)29(37)32(27(23)42-24(16)25-31-11-12-39-25)15-22(20-7-5-6-8-21(20)38-4)41-19-13-17-9-10-18(14-19)40-17/h5-8,11-12,17-19,22H,9-10,13-15H2,1-4H3,(H,35,36)/t17-,18+,19?,22-/m0/s1. The molecular weight excluding hydrogens is 562 g/mol. The number of carbonyl (C=O) groups is 1. The van der Waals surface area contributed by atoms with Gasteiger partial charge < -0.3 is 23.7 Å². The van der Waals surface area contributed by atoms with Gasteiger partial charge in [-0.2, -0.15) is 0 Å². The number of carboxylic acids is 1. The van der Waals surface area contributed by atoms with Crippen molar-refractivity contribution in [3.05, 3.63) is 68.7 Å². The van der Waals surface area contributed by atoms with Gasteiger partial charge in [0.15, 0.2) is 0 Å². The van der Waals surface area contributed by atoms with Gasteiger partial charge >= 0.3 is 11.7 Å². The molecule has 5 heterocycles. The number of aliphatic carboxylic acids is 1. The van der Waals surface area contributed by atoms with Crippen LogP contribution in [-0.4, -0.2) is 50.6 Å². The number of rotatable bonds is 9. The molecule has 0 amide bonds. The first-order chi connectivity index (χ1) is 20.1. The Morgan fingerprint density at radius 1 is 1.21 bits per heavy atom. The van der Waals surface area contributed by atoms with Crippen LogP contribution in [0, 0.1) is 6.92 Å². The van der Waals surface area contributed by atoms with Crippen LogP contribution in [0.3, 0.4) is 0 Å². The topological polar surface area (TPSA) is 135 Å². The minimum absolute atomic E-state index is 0.0172. The van der Waals surface area contributed by atoms with E-state index in [0.29, 0.717) is 26.9 Å². The van der Waals surface area contributed by atoms with Crippen LogP contribution >= 0.6 is 11.3 Å². The predicted molar refractivity (Wildman–Crippen MR) is 155 cm³/mol. The van der Waals surface area contributed by atoms with E-state index < -0.39 is 28.9 Å². The first-order valence-corrected chi connectivity index (χ1v) is 14.8. The summed E-state index contributed by atoms with van der Waals surface area (Å²) in [5.41, 5.74) is -1.93. The predicted octanol–water partition coefficient (Wildman–Crippen LogP) is 4.48. The molecule has 42 heavy (non-hydrogen) atoms. The fourth-order valence-corrected chi connectivity index (χ4v) is 7.34. The molecule has 11 nitrogen and oxygen atoms in total. The van der Waals surface area contributed by atoms with E-state index in [2.05, 4.69) is 4.98 Å². The Morgan fingerprint density at radius 3 is 2.57 bits per heavy atom. The summed E-state index contributed by atoms with van der Waals surface area (Å²) in [6.07, 6.45) is 5.95. The Kier molecular flexibility index (Phi) is 7.32. The number of benzene rings is 1. The smallest absolute Gasteiger partial charge is 0.333 e. The van der Waals surface area contributed by atoms with Crippen molar-refractivity contribution in [2.45, 2.75) is 83.0 Å². The second-order valence-electron chi connectivity index (χ2n) is 11.4. The zero-order valence-corrected chi connectivity index (χ0v) is 24.7. The fourth-order valence-electron chi connectivity index (χ4n) is 6.10. The van der Waals surface area contributed by atoms with Gasteiger partial charge in [-0.1, -0.05) is 18.2 Å². The molecule has 0 aliphatic carbocycles. The van der Waals surface area contributed by atoms with Crippen molar-refractivity contribution in [1.82, 2.24) is 14.1 Å². The number of nitrogens with zero attached hydrogens (tertiary/aromatic N) is 3. The van der Waals surface area contributed by atoms with Gasteiger partial charge in [0.25, 0.3) is 5.56 Å². The Bertz CT molecular complexity index is 1740. The lowest BCUT2D eigenvalue weighted by Crippen LogP contribution is -2.52. The third-order valence-electron chi connectivity index (χ3n) is 8.36. The highest BCUT2D eigenvalue weighted by atomic mass is 32.1.